The predicted octanol–water partition coefficient (Wildman–Crippen LogP) is 5.71. The molecule has 31 N–H and O–H groups in total. The summed E-state index contributed by atoms with van der Waals surface area (Å²) in [4.78, 5) is 91.9. The van der Waals surface area contributed by atoms with Crippen LogP contribution in [0.5, 0.6) is 0 Å². The molecule has 601 valence electrons. The van der Waals surface area contributed by atoms with Crippen molar-refractivity contribution in [3.63, 3.8) is 0 Å². The third kappa shape index (κ3) is 124. The van der Waals surface area contributed by atoms with E-state index in [1.54, 1.807) is 0 Å². The van der Waals surface area contributed by atoms with Gasteiger partial charge in [0.25, 0.3) is 0 Å². The van der Waals surface area contributed by atoms with Gasteiger partial charge in [0, 0.05) is 166 Å². The van der Waals surface area contributed by atoms with Crippen molar-refractivity contribution in [3.8, 4) is 0 Å². The van der Waals surface area contributed by atoms with Gasteiger partial charge in [-0.2, -0.15) is 0 Å². The molecule has 4 amide bonds. The third-order valence-electron chi connectivity index (χ3n) is 10.5. The molecule has 0 atom stereocenters. The number of hydrogen-bond acceptors (Lipinski definition) is 11. The van der Waals surface area contributed by atoms with Crippen LogP contribution in [0.15, 0.2) is 59.9 Å². The van der Waals surface area contributed by atoms with Crippen molar-refractivity contribution < 1.29 is 211 Å². The van der Waals surface area contributed by atoms with Crippen LogP contribution in [0.2, 0.25) is 0 Å². The van der Waals surface area contributed by atoms with E-state index in [0.29, 0.717) is 62.5 Å². The fraction of sp³-hybridized carbons (Fsp3) is 0.708. The number of nitrogens with two attached hydrogens (primary N) is 12. The van der Waals surface area contributed by atoms with Crippen LogP contribution in [0.25, 0.3) is 11.5 Å². The molecular weight excluding hydrogens is 2720 g/mol. The first-order valence-electron chi connectivity index (χ1n) is 31.8. The summed E-state index contributed by atoms with van der Waals surface area (Å²) in [7, 11) is 0. The summed E-state index contributed by atoms with van der Waals surface area (Å²) < 4.78 is 0. The Morgan fingerprint density at radius 1 is 0.346 bits per heavy atom. The number of rotatable bonds is 14. The summed E-state index contributed by atoms with van der Waals surface area (Å²) in [6.45, 7) is 57.2. The molecule has 0 aromatic carbocycles. The Balaban J connectivity index is -0.0000000770. The van der Waals surface area contributed by atoms with E-state index < -0.39 is 0 Å². The summed E-state index contributed by atoms with van der Waals surface area (Å²) in [6, 6.07) is 0. The van der Waals surface area contributed by atoms with Crippen molar-refractivity contribution >= 4 is 115 Å². The van der Waals surface area contributed by atoms with E-state index in [0.717, 1.165) is 25.7 Å². The summed E-state index contributed by atoms with van der Waals surface area (Å²) in [6.07, 6.45) is 11.9. The average Bonchev–Trinajstić information content (AvgIpc) is 0.918. The molecular formula is C65H132N31O5U6. The molecule has 0 aliphatic carbocycles. The maximum atomic E-state index is 9.83. The molecule has 36 nitrogen and oxygen atoms in total. The average molecular weight is 2860 g/mol. The van der Waals surface area contributed by atoms with E-state index in [9.17, 15) is 24.0 Å². The molecule has 0 aromatic heterocycles. The zero-order valence-corrected chi connectivity index (χ0v) is 93.9. The second-order valence-corrected chi connectivity index (χ2v) is 32.1. The van der Waals surface area contributed by atoms with Gasteiger partial charge in [-0.25, -0.2) is 0 Å². The Hall–Kier alpha value is -3.36. The van der Waals surface area contributed by atoms with Crippen molar-refractivity contribution in [2.24, 2.45) is 177 Å². The normalized spacial score (nSPS) is 13.1. The van der Waals surface area contributed by atoms with Gasteiger partial charge >= 0.3 is 93.3 Å². The van der Waals surface area contributed by atoms with Gasteiger partial charge in [0.15, 0.2) is 17.9 Å². The van der Waals surface area contributed by atoms with E-state index in [1.165, 1.54) is 25.6 Å². The van der Waals surface area contributed by atoms with Crippen molar-refractivity contribution in [2.45, 2.75) is 225 Å². The molecule has 0 saturated heterocycles. The van der Waals surface area contributed by atoms with Crippen molar-refractivity contribution in [3.05, 3.63) is 11.5 Å². The van der Waals surface area contributed by atoms with Gasteiger partial charge in [0.2, 0.25) is 0 Å². The quantitative estimate of drug-likeness (QED) is 0.0562. The zero-order chi connectivity index (χ0) is 81.8. The smallest absolute Gasteiger partial charge is 0.542 e. The topological polar surface area (TPSA) is 677 Å². The Morgan fingerprint density at radius 3 is 0.794 bits per heavy atom. The molecule has 0 unspecified atom stereocenters. The zero-order valence-electron chi connectivity index (χ0n) is 68.9. The van der Waals surface area contributed by atoms with Crippen molar-refractivity contribution in [1.29, 1.82) is 10.8 Å². The molecule has 1 radical (unpaired) electrons. The van der Waals surface area contributed by atoms with Crippen LogP contribution >= 0.6 is 0 Å². The van der Waals surface area contributed by atoms with Crippen LogP contribution in [-0.4, -0.2) is 141 Å². The monoisotopic (exact) mass is 2860 g/mol. The summed E-state index contributed by atoms with van der Waals surface area (Å²) in [5.41, 5.74) is 77.9. The number of aliphatic imine (C=N–C) groups is 12. The minimum absolute atomic E-state index is 0. The van der Waals surface area contributed by atoms with Gasteiger partial charge in [-0.3, -0.25) is 41.6 Å². The molecule has 0 aromatic rings. The maximum Gasteiger partial charge on any atom is 3.00 e. The van der Waals surface area contributed by atoms with Crippen LogP contribution in [0.1, 0.15) is 225 Å². The second kappa shape index (κ2) is 70.5. The molecule has 0 bridgehead atoms. The first-order valence-corrected chi connectivity index (χ1v) is 31.8. The summed E-state index contributed by atoms with van der Waals surface area (Å²) >= 11 is 0. The summed E-state index contributed by atoms with van der Waals surface area (Å²) in [5, 5.41) is 22.8. The molecule has 42 heteroatoms. The number of guanidine groups is 10. The van der Waals surface area contributed by atoms with Crippen molar-refractivity contribution in [2.75, 3.05) is 26.2 Å². The predicted molar refractivity (Wildman–Crippen MR) is 424 cm³/mol. The second-order valence-electron chi connectivity index (χ2n) is 32.1. The number of carbonyl (C=O) groups excluding carboxylic acids is 5. The van der Waals surface area contributed by atoms with Gasteiger partial charge in [-0.15, -0.1) is 6.42 Å². The number of nitrogens with one attached hydrogen (secondary N) is 7. The molecule has 0 rings (SSSR count). The number of hydrogen-bond donors (Lipinski definition) is 17. The van der Waals surface area contributed by atoms with Gasteiger partial charge in [0.05, 0.1) is 55.1 Å². The Morgan fingerprint density at radius 2 is 0.607 bits per heavy atom. The molecule has 107 heavy (non-hydrogen) atoms. The fourth-order valence-corrected chi connectivity index (χ4v) is 4.69. The largest absolute Gasteiger partial charge is 3.00 e. The molecule has 0 saturated carbocycles. The molecule has 0 aliphatic rings. The van der Waals surface area contributed by atoms with Crippen LogP contribution in [0.3, 0.4) is 0 Å². The molecule has 0 fully saturated rings. The number of amides is 4. The van der Waals surface area contributed by atoms with Gasteiger partial charge in [-0.1, -0.05) is 192 Å². The SMILES string of the molecule is CC(C)(C)C(=N)N=C([NH-])N.CC(C)(C)C(N)=NC(N)=N[C-]=O.CC(C)(C)C(N)=NC(N)=N[C-]=O.CC(C)(C)CCN=C(N)N=C([NH-])N.CC(C)(C)CCN=C(N)NC(=N)CC(C)(C)C.CC(C)(C)CCN=C(N)NC(N)=N[C-]=O.CC(C)(C)CCN=C(N)NC(N)=N[C-]=O.CC(C)(C)C[C-]=O.[U+2].[U+2].[U+3].[U].[U].[U]. The third-order valence-corrected chi connectivity index (χ3v) is 10.5. The van der Waals surface area contributed by atoms with E-state index in [2.05, 4.69) is 180 Å². The van der Waals surface area contributed by atoms with Gasteiger partial charge < -0.3 is 156 Å². The van der Waals surface area contributed by atoms with Gasteiger partial charge in [-0.05, 0) is 52.8 Å². The van der Waals surface area contributed by atoms with E-state index >= 15 is 0 Å². The number of amidine groups is 4. The van der Waals surface area contributed by atoms with Crippen LogP contribution in [-0.2, 0) is 24.0 Å². The maximum absolute atomic E-state index is 9.83. The minimum Gasteiger partial charge on any atom is -0.542 e. The fourth-order valence-electron chi connectivity index (χ4n) is 4.69. The van der Waals surface area contributed by atoms with Crippen LogP contribution < -0.4 is 84.8 Å². The van der Waals surface area contributed by atoms with Crippen LogP contribution in [0.4, 0.5) is 0 Å². The Bertz CT molecular complexity index is 2740. The first kappa shape index (κ1) is 136. The van der Waals surface area contributed by atoms with Crippen molar-refractivity contribution in [1.82, 2.24) is 16.0 Å². The molecule has 0 aliphatic heterocycles. The van der Waals surface area contributed by atoms with Crippen LogP contribution in [0, 0.1) is 246 Å². The van der Waals surface area contributed by atoms with E-state index in [-0.39, 0.29) is 295 Å². The Labute approximate surface area is 783 Å². The van der Waals surface area contributed by atoms with E-state index in [4.69, 9.17) is 91.1 Å². The summed E-state index contributed by atoms with van der Waals surface area (Å²) in [5.74, 6) is 0.787. The standard InChI is InChI=1S/C13H28N4.2C9H18N5O.C8H18N5.2C7H13N4O.C6H13N4.C6H11O.6U/c1-12(2,3)7-8-16-11(15)17-10(14)9-13(4,5)6;2*1-9(2,3)4-5-12-7(10)14-8(11)13-6-15;1-8(2,3)4-5-12-7(11)13-6(9)10;2*1-7(2,3)5(8)11-6(9)10-4-12;1-6(2,3)4(7)10-5(8)9;1-6(2,3)4-5-7;;;;;;/h7-9H2,1-6H3,(H4,14,15,16,17);2*4-5H2,1-3H3,(H5,10,11,12,13,14,15);4-5H2,1-3H3,(H5-,9,10,11,12,13);2*1-3H3,(H4,8,9,10,11,12);1-3H3,(H4-,7,8,9,10);4H2,1-3H3;;;;;;/q;7*-1;;;;2*+2;+3. The minimum atomic E-state index is -0.314. The first-order chi connectivity index (χ1) is 45.2. The number of nitrogens with zero attached hydrogens (tertiary/aromatic N) is 12. The molecule has 0 heterocycles. The van der Waals surface area contributed by atoms with Gasteiger partial charge in [0.1, 0.15) is 11.8 Å². The molecule has 0 spiro atoms. The Kier molecular flexibility index (Phi) is 89.5. The van der Waals surface area contributed by atoms with E-state index in [1.807, 2.05) is 89.4 Å².